The van der Waals surface area contributed by atoms with Crippen LogP contribution in [0.4, 0.5) is 0 Å². The lowest BCUT2D eigenvalue weighted by atomic mass is 10.1. The lowest BCUT2D eigenvalue weighted by Crippen LogP contribution is -2.25. The highest BCUT2D eigenvalue weighted by atomic mass is 16.5. The molecule has 0 spiro atoms. The van der Waals surface area contributed by atoms with Crippen LogP contribution in [0.1, 0.15) is 13.8 Å². The van der Waals surface area contributed by atoms with Crippen molar-refractivity contribution in [1.82, 2.24) is 0 Å². The predicted octanol–water partition coefficient (Wildman–Crippen LogP) is 3.00. The SMILES string of the molecule is CC(C)OCC(O)COc1ccc2ccccc2c1. The fourth-order valence-corrected chi connectivity index (χ4v) is 1.80. The number of benzene rings is 2. The van der Waals surface area contributed by atoms with E-state index >= 15 is 0 Å². The summed E-state index contributed by atoms with van der Waals surface area (Å²) in [7, 11) is 0. The Hall–Kier alpha value is -1.58. The molecule has 0 fully saturated rings. The maximum Gasteiger partial charge on any atom is 0.120 e. The molecule has 0 saturated carbocycles. The number of ether oxygens (including phenoxy) is 2. The molecule has 2 aromatic carbocycles. The van der Waals surface area contributed by atoms with Gasteiger partial charge in [0.25, 0.3) is 0 Å². The van der Waals surface area contributed by atoms with Crippen LogP contribution in [0.25, 0.3) is 10.8 Å². The summed E-state index contributed by atoms with van der Waals surface area (Å²) in [4.78, 5) is 0. The van der Waals surface area contributed by atoms with Gasteiger partial charge in [-0.25, -0.2) is 0 Å². The minimum atomic E-state index is -0.603. The highest BCUT2D eigenvalue weighted by Crippen LogP contribution is 2.20. The van der Waals surface area contributed by atoms with Gasteiger partial charge in [0.15, 0.2) is 0 Å². The van der Waals surface area contributed by atoms with Crippen molar-refractivity contribution in [2.45, 2.75) is 26.1 Å². The third kappa shape index (κ3) is 4.23. The van der Waals surface area contributed by atoms with Crippen LogP contribution in [-0.4, -0.2) is 30.5 Å². The van der Waals surface area contributed by atoms with E-state index in [9.17, 15) is 5.11 Å². The first-order valence-corrected chi connectivity index (χ1v) is 6.56. The van der Waals surface area contributed by atoms with Crippen molar-refractivity contribution in [2.75, 3.05) is 13.2 Å². The third-order valence-corrected chi connectivity index (χ3v) is 2.79. The number of aliphatic hydroxyl groups is 1. The lowest BCUT2D eigenvalue weighted by Gasteiger charge is -2.14. The van der Waals surface area contributed by atoms with Crippen LogP contribution in [0.2, 0.25) is 0 Å². The number of fused-ring (bicyclic) bond motifs is 1. The first-order chi connectivity index (χ1) is 9.15. The van der Waals surface area contributed by atoms with Crippen LogP contribution in [0, 0.1) is 0 Å². The van der Waals surface area contributed by atoms with E-state index in [1.807, 2.05) is 50.2 Å². The largest absolute Gasteiger partial charge is 0.491 e. The molecule has 19 heavy (non-hydrogen) atoms. The number of hydrogen-bond donors (Lipinski definition) is 1. The smallest absolute Gasteiger partial charge is 0.120 e. The van der Waals surface area contributed by atoms with Crippen LogP contribution in [-0.2, 0) is 4.74 Å². The Bertz CT molecular complexity index is 522. The number of hydrogen-bond acceptors (Lipinski definition) is 3. The van der Waals surface area contributed by atoms with E-state index in [1.165, 1.54) is 5.39 Å². The molecular formula is C16H20O3. The van der Waals surface area contributed by atoms with Gasteiger partial charge in [0, 0.05) is 0 Å². The van der Waals surface area contributed by atoms with Gasteiger partial charge in [-0.3, -0.25) is 0 Å². The van der Waals surface area contributed by atoms with Crippen LogP contribution in [0.15, 0.2) is 42.5 Å². The zero-order valence-corrected chi connectivity index (χ0v) is 11.4. The summed E-state index contributed by atoms with van der Waals surface area (Å²) in [6.07, 6.45) is -0.482. The minimum absolute atomic E-state index is 0.121. The molecule has 0 aliphatic rings. The number of rotatable bonds is 6. The molecule has 2 rings (SSSR count). The highest BCUT2D eigenvalue weighted by molar-refractivity contribution is 5.83. The van der Waals surface area contributed by atoms with Crippen LogP contribution < -0.4 is 4.74 Å². The molecule has 0 aliphatic carbocycles. The van der Waals surface area contributed by atoms with E-state index in [2.05, 4.69) is 6.07 Å². The van der Waals surface area contributed by atoms with E-state index in [-0.39, 0.29) is 12.7 Å². The monoisotopic (exact) mass is 260 g/mol. The first-order valence-electron chi connectivity index (χ1n) is 6.56. The second-order valence-corrected chi connectivity index (χ2v) is 4.86. The van der Waals surface area contributed by atoms with Crippen molar-refractivity contribution in [2.24, 2.45) is 0 Å². The van der Waals surface area contributed by atoms with E-state index in [0.717, 1.165) is 11.1 Å². The molecule has 0 saturated heterocycles. The standard InChI is InChI=1S/C16H20O3/c1-12(2)18-10-15(17)11-19-16-8-7-13-5-3-4-6-14(13)9-16/h3-9,12,15,17H,10-11H2,1-2H3. The minimum Gasteiger partial charge on any atom is -0.491 e. The van der Waals surface area contributed by atoms with Crippen molar-refractivity contribution in [3.05, 3.63) is 42.5 Å². The Balaban J connectivity index is 1.90. The molecule has 3 heteroatoms. The van der Waals surface area contributed by atoms with Crippen LogP contribution in [0.5, 0.6) is 5.75 Å². The van der Waals surface area contributed by atoms with Gasteiger partial charge in [0.2, 0.25) is 0 Å². The van der Waals surface area contributed by atoms with Gasteiger partial charge in [-0.15, -0.1) is 0 Å². The summed E-state index contributed by atoms with van der Waals surface area (Å²) in [6.45, 7) is 4.42. The molecule has 0 radical (unpaired) electrons. The molecule has 0 aromatic heterocycles. The van der Waals surface area contributed by atoms with Gasteiger partial charge in [-0.1, -0.05) is 30.3 Å². The predicted molar refractivity (Wildman–Crippen MR) is 76.5 cm³/mol. The van der Waals surface area contributed by atoms with Gasteiger partial charge in [-0.05, 0) is 36.8 Å². The average molecular weight is 260 g/mol. The number of aliphatic hydroxyl groups excluding tert-OH is 1. The molecule has 1 unspecified atom stereocenters. The summed E-state index contributed by atoms with van der Waals surface area (Å²) in [6, 6.07) is 14.0. The topological polar surface area (TPSA) is 38.7 Å². The Kier molecular flexibility index (Phi) is 4.77. The highest BCUT2D eigenvalue weighted by Gasteiger charge is 2.07. The summed E-state index contributed by atoms with van der Waals surface area (Å²) in [5.74, 6) is 0.766. The third-order valence-electron chi connectivity index (χ3n) is 2.79. The Morgan fingerprint density at radius 2 is 1.74 bits per heavy atom. The quantitative estimate of drug-likeness (QED) is 0.867. The summed E-state index contributed by atoms with van der Waals surface area (Å²) in [5, 5.41) is 12.0. The molecule has 0 bridgehead atoms. The Morgan fingerprint density at radius 1 is 1.00 bits per heavy atom. The lowest BCUT2D eigenvalue weighted by molar-refractivity contribution is -0.0122. The molecular weight excluding hydrogens is 240 g/mol. The van der Waals surface area contributed by atoms with Crippen molar-refractivity contribution in [3.8, 4) is 5.75 Å². The Labute approximate surface area is 113 Å². The maximum atomic E-state index is 9.72. The maximum absolute atomic E-state index is 9.72. The van der Waals surface area contributed by atoms with Crippen molar-refractivity contribution >= 4 is 10.8 Å². The molecule has 1 N–H and O–H groups in total. The van der Waals surface area contributed by atoms with Gasteiger partial charge in [0.1, 0.15) is 18.5 Å². The fraction of sp³-hybridized carbons (Fsp3) is 0.375. The van der Waals surface area contributed by atoms with E-state index in [4.69, 9.17) is 9.47 Å². The van der Waals surface area contributed by atoms with Crippen molar-refractivity contribution in [3.63, 3.8) is 0 Å². The molecule has 2 aromatic rings. The first kappa shape index (κ1) is 13.8. The van der Waals surface area contributed by atoms with Gasteiger partial charge >= 0.3 is 0 Å². The van der Waals surface area contributed by atoms with Crippen LogP contribution >= 0.6 is 0 Å². The molecule has 0 amide bonds. The zero-order chi connectivity index (χ0) is 13.7. The second kappa shape index (κ2) is 6.55. The van der Waals surface area contributed by atoms with Gasteiger partial charge in [0.05, 0.1) is 12.7 Å². The fourth-order valence-electron chi connectivity index (χ4n) is 1.80. The molecule has 0 heterocycles. The zero-order valence-electron chi connectivity index (χ0n) is 11.4. The van der Waals surface area contributed by atoms with Crippen molar-refractivity contribution < 1.29 is 14.6 Å². The molecule has 0 aliphatic heterocycles. The molecule has 1 atom stereocenters. The van der Waals surface area contributed by atoms with E-state index < -0.39 is 6.10 Å². The van der Waals surface area contributed by atoms with E-state index in [1.54, 1.807) is 0 Å². The molecule has 3 nitrogen and oxygen atoms in total. The summed E-state index contributed by atoms with van der Waals surface area (Å²) in [5.41, 5.74) is 0. The van der Waals surface area contributed by atoms with Crippen LogP contribution in [0.3, 0.4) is 0 Å². The Morgan fingerprint density at radius 3 is 2.47 bits per heavy atom. The van der Waals surface area contributed by atoms with Gasteiger partial charge < -0.3 is 14.6 Å². The van der Waals surface area contributed by atoms with Gasteiger partial charge in [-0.2, -0.15) is 0 Å². The average Bonchev–Trinajstić information content (AvgIpc) is 2.42. The molecule has 102 valence electrons. The van der Waals surface area contributed by atoms with E-state index in [0.29, 0.717) is 6.61 Å². The van der Waals surface area contributed by atoms with Crippen molar-refractivity contribution in [1.29, 1.82) is 0 Å². The second-order valence-electron chi connectivity index (χ2n) is 4.86. The summed E-state index contributed by atoms with van der Waals surface area (Å²) < 4.78 is 10.9. The summed E-state index contributed by atoms with van der Waals surface area (Å²) >= 11 is 0. The normalized spacial score (nSPS) is 12.8.